The molecule has 0 fully saturated rings. The van der Waals surface area contributed by atoms with Crippen LogP contribution in [0.1, 0.15) is 41.5 Å². The minimum absolute atomic E-state index is 0. The van der Waals surface area contributed by atoms with E-state index in [-0.39, 0.29) is 20.6 Å². The Morgan fingerprint density at radius 1 is 1.24 bits per heavy atom. The molecule has 100 valence electrons. The topological polar surface area (TPSA) is 83.5 Å². The zero-order valence-corrected chi connectivity index (χ0v) is 8.82. The van der Waals surface area contributed by atoms with Crippen molar-refractivity contribution in [3.63, 3.8) is 0 Å². The molecule has 0 saturated heterocycles. The first-order valence-corrected chi connectivity index (χ1v) is 4.69. The maximum absolute atomic E-state index is 11.1. The number of rotatable bonds is 6. The molecule has 0 aromatic heterocycles. The van der Waals surface area contributed by atoms with Crippen LogP contribution in [0.3, 0.4) is 0 Å². The van der Waals surface area contributed by atoms with Crippen molar-refractivity contribution < 1.29 is 19.5 Å². The molecule has 0 aliphatic carbocycles. The van der Waals surface area contributed by atoms with Crippen molar-refractivity contribution in [2.24, 2.45) is 0 Å². The number of nitrogens with one attached hydrogen (secondary N) is 1. The van der Waals surface area contributed by atoms with Gasteiger partial charge in [0.15, 0.2) is 5.78 Å². The van der Waals surface area contributed by atoms with Gasteiger partial charge in [0.05, 0.1) is 0 Å². The molecular formula is C12H23NO4. The maximum Gasteiger partial charge on any atom is 0.326 e. The number of aliphatic carboxylic acids is 1. The second-order valence-corrected chi connectivity index (χ2v) is 3.13. The largest absolute Gasteiger partial charge is 0.480 e. The van der Waals surface area contributed by atoms with Gasteiger partial charge in [-0.05, 0) is 19.4 Å². The van der Waals surface area contributed by atoms with Crippen LogP contribution in [0.25, 0.3) is 0 Å². The quantitative estimate of drug-likeness (QED) is 0.698. The van der Waals surface area contributed by atoms with E-state index < -0.39 is 17.9 Å². The Morgan fingerprint density at radius 3 is 2.12 bits per heavy atom. The van der Waals surface area contributed by atoms with Crippen LogP contribution >= 0.6 is 0 Å². The van der Waals surface area contributed by atoms with Crippen molar-refractivity contribution in [3.05, 3.63) is 12.2 Å². The summed E-state index contributed by atoms with van der Waals surface area (Å²) in [5, 5.41) is 11.0. The smallest absolute Gasteiger partial charge is 0.326 e. The van der Waals surface area contributed by atoms with Crippen molar-refractivity contribution in [2.45, 2.75) is 47.6 Å². The van der Waals surface area contributed by atoms with Crippen LogP contribution in [0.5, 0.6) is 0 Å². The van der Waals surface area contributed by atoms with E-state index in [4.69, 9.17) is 5.11 Å². The van der Waals surface area contributed by atoms with Crippen molar-refractivity contribution in [1.29, 1.82) is 0 Å². The first kappa shape index (κ1) is 20.7. The monoisotopic (exact) mass is 245 g/mol. The molecule has 17 heavy (non-hydrogen) atoms. The molecule has 0 rings (SSSR count). The highest BCUT2D eigenvalue weighted by Crippen LogP contribution is 1.96. The Labute approximate surface area is 103 Å². The van der Waals surface area contributed by atoms with Crippen LogP contribution in [-0.2, 0) is 14.4 Å². The standard InChI is InChI=1S/C10H15NO4.2CH4/c1-3-4-8(10(14)15)11-9(13)6-5-7(2)12;;/h5-6,8H,3-4H2,1-2H3,(H,11,13)(H,14,15);2*1H4/b6-5+;;/t8-;;/m1../s1. The Bertz CT molecular complexity index is 284. The summed E-state index contributed by atoms with van der Waals surface area (Å²) in [5.41, 5.74) is 0. The summed E-state index contributed by atoms with van der Waals surface area (Å²) in [4.78, 5) is 32.3. The maximum atomic E-state index is 11.1. The molecule has 2 N–H and O–H groups in total. The second kappa shape index (κ2) is 10.9. The summed E-state index contributed by atoms with van der Waals surface area (Å²) in [6.07, 6.45) is 3.16. The van der Waals surface area contributed by atoms with E-state index in [0.717, 1.165) is 12.2 Å². The number of hydrogen-bond donors (Lipinski definition) is 2. The zero-order valence-electron chi connectivity index (χ0n) is 8.82. The first-order valence-electron chi connectivity index (χ1n) is 4.69. The summed E-state index contributed by atoms with van der Waals surface area (Å²) in [7, 11) is 0. The zero-order chi connectivity index (χ0) is 11.8. The minimum atomic E-state index is -1.07. The summed E-state index contributed by atoms with van der Waals surface area (Å²) in [5.74, 6) is -1.89. The molecule has 0 unspecified atom stereocenters. The number of amides is 1. The third-order valence-corrected chi connectivity index (χ3v) is 1.66. The number of ketones is 1. The number of carboxylic acids is 1. The fourth-order valence-electron chi connectivity index (χ4n) is 0.959. The highest BCUT2D eigenvalue weighted by Gasteiger charge is 2.17. The Kier molecular flexibility index (Phi) is 13.2. The molecule has 0 spiro atoms. The van der Waals surface area contributed by atoms with Gasteiger partial charge < -0.3 is 10.4 Å². The van der Waals surface area contributed by atoms with Gasteiger partial charge in [0, 0.05) is 6.08 Å². The molecule has 0 aromatic carbocycles. The fourth-order valence-corrected chi connectivity index (χ4v) is 0.959. The van der Waals surface area contributed by atoms with Gasteiger partial charge in [-0.15, -0.1) is 0 Å². The normalized spacial score (nSPS) is 10.9. The highest BCUT2D eigenvalue weighted by atomic mass is 16.4. The van der Waals surface area contributed by atoms with Crippen LogP contribution in [0.15, 0.2) is 12.2 Å². The van der Waals surface area contributed by atoms with E-state index in [2.05, 4.69) is 5.32 Å². The van der Waals surface area contributed by atoms with Gasteiger partial charge in [0.1, 0.15) is 6.04 Å². The molecular weight excluding hydrogens is 222 g/mol. The summed E-state index contributed by atoms with van der Waals surface area (Å²) < 4.78 is 0. The number of allylic oxidation sites excluding steroid dienone is 1. The van der Waals surface area contributed by atoms with Crippen LogP contribution in [-0.4, -0.2) is 28.8 Å². The minimum Gasteiger partial charge on any atom is -0.480 e. The third kappa shape index (κ3) is 10.6. The van der Waals surface area contributed by atoms with Gasteiger partial charge >= 0.3 is 5.97 Å². The number of carboxylic acid groups (broad SMARTS) is 1. The van der Waals surface area contributed by atoms with Crippen LogP contribution < -0.4 is 5.32 Å². The molecule has 0 heterocycles. The van der Waals surface area contributed by atoms with E-state index in [9.17, 15) is 14.4 Å². The molecule has 1 amide bonds. The van der Waals surface area contributed by atoms with E-state index in [1.54, 1.807) is 0 Å². The van der Waals surface area contributed by atoms with Crippen LogP contribution in [0.2, 0.25) is 0 Å². The fraction of sp³-hybridized carbons (Fsp3) is 0.583. The molecule has 0 aliphatic heterocycles. The Morgan fingerprint density at radius 2 is 1.76 bits per heavy atom. The van der Waals surface area contributed by atoms with Crippen molar-refractivity contribution in [1.82, 2.24) is 5.32 Å². The second-order valence-electron chi connectivity index (χ2n) is 3.13. The van der Waals surface area contributed by atoms with Gasteiger partial charge in [0.2, 0.25) is 5.91 Å². The average Bonchev–Trinajstić information content (AvgIpc) is 2.14. The molecule has 0 aromatic rings. The Balaban J connectivity index is -0.000000980. The number of hydrogen-bond acceptors (Lipinski definition) is 3. The number of carbonyl (C=O) groups excluding carboxylic acids is 2. The van der Waals surface area contributed by atoms with Crippen molar-refractivity contribution in [2.75, 3.05) is 0 Å². The molecule has 0 bridgehead atoms. The molecule has 0 aliphatic rings. The lowest BCUT2D eigenvalue weighted by Gasteiger charge is -2.11. The van der Waals surface area contributed by atoms with Crippen molar-refractivity contribution in [3.8, 4) is 0 Å². The van der Waals surface area contributed by atoms with Crippen LogP contribution in [0.4, 0.5) is 0 Å². The lowest BCUT2D eigenvalue weighted by molar-refractivity contribution is -0.141. The SMILES string of the molecule is C.C.CCC[C@@H](NC(=O)/C=C/C(C)=O)C(=O)O. The molecule has 5 nitrogen and oxygen atoms in total. The average molecular weight is 245 g/mol. The van der Waals surface area contributed by atoms with Gasteiger partial charge in [-0.25, -0.2) is 4.79 Å². The third-order valence-electron chi connectivity index (χ3n) is 1.66. The number of carbonyl (C=O) groups is 3. The van der Waals surface area contributed by atoms with Gasteiger partial charge in [0.25, 0.3) is 0 Å². The molecule has 1 atom stereocenters. The lowest BCUT2D eigenvalue weighted by atomic mass is 10.1. The summed E-state index contributed by atoms with van der Waals surface area (Å²) in [6.45, 7) is 3.14. The first-order chi connectivity index (χ1) is 6.97. The van der Waals surface area contributed by atoms with E-state index >= 15 is 0 Å². The van der Waals surface area contributed by atoms with Crippen molar-refractivity contribution >= 4 is 17.7 Å². The van der Waals surface area contributed by atoms with E-state index in [0.29, 0.717) is 12.8 Å². The predicted molar refractivity (Wildman–Crippen MR) is 67.8 cm³/mol. The lowest BCUT2D eigenvalue weighted by Crippen LogP contribution is -2.39. The summed E-state index contributed by atoms with van der Waals surface area (Å²) in [6, 6.07) is -0.890. The summed E-state index contributed by atoms with van der Waals surface area (Å²) >= 11 is 0. The van der Waals surface area contributed by atoms with Gasteiger partial charge in [-0.1, -0.05) is 28.2 Å². The van der Waals surface area contributed by atoms with Crippen LogP contribution in [0, 0.1) is 0 Å². The molecule has 0 saturated carbocycles. The van der Waals surface area contributed by atoms with E-state index in [1.807, 2.05) is 6.92 Å². The van der Waals surface area contributed by atoms with Gasteiger partial charge in [-0.2, -0.15) is 0 Å². The predicted octanol–water partition coefficient (Wildman–Crippen LogP) is 1.77. The van der Waals surface area contributed by atoms with E-state index in [1.165, 1.54) is 6.92 Å². The van der Waals surface area contributed by atoms with Gasteiger partial charge in [-0.3, -0.25) is 9.59 Å². The highest BCUT2D eigenvalue weighted by molar-refractivity contribution is 5.97. The molecule has 5 heteroatoms. The Hall–Kier alpha value is -1.65. The molecule has 0 radical (unpaired) electrons.